The van der Waals surface area contributed by atoms with Crippen molar-refractivity contribution in [3.8, 4) is 0 Å². The maximum atomic E-state index is 14.4. The summed E-state index contributed by atoms with van der Waals surface area (Å²) in [6, 6.07) is 0. The molecule has 5 fully saturated rings. The van der Waals surface area contributed by atoms with Gasteiger partial charge in [-0.3, -0.25) is 68.8 Å². The van der Waals surface area contributed by atoms with Crippen LogP contribution in [0.25, 0.3) is 55.8 Å². The van der Waals surface area contributed by atoms with Crippen molar-refractivity contribution in [2.24, 2.45) is 0 Å². The van der Waals surface area contributed by atoms with Crippen molar-refractivity contribution in [2.75, 3.05) is 61.7 Å². The van der Waals surface area contributed by atoms with Gasteiger partial charge in [-0.15, -0.1) is 0 Å². The topological polar surface area (TPSA) is 872 Å². The minimum atomic E-state index is -6.39. The van der Waals surface area contributed by atoms with Crippen LogP contribution in [-0.2, 0) is 95.9 Å². The number of aromatic amines is 1. The first kappa shape index (κ1) is 82.9. The highest BCUT2D eigenvalue weighted by molar-refractivity contribution is 7.66. The number of aliphatic hydroxyl groups is 7. The zero-order valence-electron chi connectivity index (χ0n) is 57.6. The first-order valence-corrected chi connectivity index (χ1v) is 41.9. The summed E-state index contributed by atoms with van der Waals surface area (Å²) in [7, 11) is -36.0. The monoisotopic (exact) mass is 1760 g/mol. The molecule has 0 radical (unpaired) electrons. The zero-order chi connectivity index (χ0) is 82.8. The van der Waals surface area contributed by atoms with Crippen LogP contribution in [0, 0.1) is 0 Å². The summed E-state index contributed by atoms with van der Waals surface area (Å²) in [4.78, 5) is 137. The number of hydrogen-bond donors (Lipinski definition) is 19. The van der Waals surface area contributed by atoms with Crippen LogP contribution in [0.3, 0.4) is 0 Å². The van der Waals surface area contributed by atoms with Crippen molar-refractivity contribution >= 4 is 132 Å². The molecule has 116 heavy (non-hydrogen) atoms. The van der Waals surface area contributed by atoms with Gasteiger partial charge in [-0.25, -0.2) is 92.2 Å². The Morgan fingerprint density at radius 1 is 0.336 bits per heavy atom. The van der Waals surface area contributed by atoms with Crippen LogP contribution in [0.4, 0.5) is 29.2 Å². The summed E-state index contributed by atoms with van der Waals surface area (Å²) in [5.41, 5.74) is 27.6. The summed E-state index contributed by atoms with van der Waals surface area (Å²) in [5.74, 6) is -1.01. The normalized spacial score (nSPS) is 31.6. The number of imidazole rings is 5. The highest BCUT2D eigenvalue weighted by atomic mass is 31.3. The first-order valence-electron chi connectivity index (χ1n) is 32.9. The minimum Gasteiger partial charge on any atom is -0.387 e. The van der Waals surface area contributed by atoms with Crippen LogP contribution in [0.5, 0.6) is 0 Å². The Hall–Kier alpha value is -8.19. The van der Waals surface area contributed by atoms with E-state index in [2.05, 4.69) is 87.9 Å². The third-order valence-corrected chi connectivity index (χ3v) is 25.4. The van der Waals surface area contributed by atoms with Gasteiger partial charge in [0.1, 0.15) is 139 Å². The van der Waals surface area contributed by atoms with E-state index in [0.717, 1.165) is 68.9 Å². The molecule has 6 unspecified atom stereocenters. The number of nitrogens with two attached hydrogens (primary N) is 5. The lowest BCUT2D eigenvalue weighted by Crippen LogP contribution is -2.38. The van der Waals surface area contributed by atoms with Gasteiger partial charge in [-0.2, -0.15) is 13.6 Å². The van der Waals surface area contributed by atoms with Crippen molar-refractivity contribution in [3.63, 3.8) is 0 Å². The molecule has 0 aliphatic carbocycles. The Labute approximate surface area is 640 Å². The summed E-state index contributed by atoms with van der Waals surface area (Å²) in [6.07, 6.45) is -30.0. The van der Waals surface area contributed by atoms with Gasteiger partial charge in [0.2, 0.25) is 5.95 Å². The van der Waals surface area contributed by atoms with E-state index in [9.17, 15) is 97.3 Å². The van der Waals surface area contributed by atoms with Crippen molar-refractivity contribution in [1.82, 2.24) is 97.6 Å². The fourth-order valence-corrected chi connectivity index (χ4v) is 19.3. The summed E-state index contributed by atoms with van der Waals surface area (Å²) >= 11 is 0. The molecule has 628 valence electrons. The van der Waals surface area contributed by atoms with E-state index in [-0.39, 0.29) is 85.0 Å². The number of rotatable bonds is 30. The van der Waals surface area contributed by atoms with E-state index in [1.54, 1.807) is 0 Å². The van der Waals surface area contributed by atoms with Crippen LogP contribution in [0.15, 0.2) is 61.7 Å². The maximum absolute atomic E-state index is 14.4. The van der Waals surface area contributed by atoms with Crippen LogP contribution >= 0.6 is 46.9 Å². The minimum absolute atomic E-state index is 0.0389. The van der Waals surface area contributed by atoms with Crippen molar-refractivity contribution in [3.05, 3.63) is 67.3 Å². The molecule has 5 saturated heterocycles. The Morgan fingerprint density at radius 2 is 0.595 bits per heavy atom. The SMILES string of the molecule is Nc1nc2c(ncn2[C@@H]2O[C@H](COP(=O)(O)OP(=O)(O)OP(=O)(O)OC[C@H]3O[C@@H](n4cnc5c(N)ncnc54)[C@H](O)[C@@H]3OP(=O)(O)OC[C@H]3O[C@@H](n4cnc5c(N)ncnc54)[C@H](O)[C@@H]3OP(=O)(O)OC[C@H]3O[C@@H](n4cnc5c(N)ncnc54)[C@H](O)[C@@H]3OP(=O)(O)OC[C@H]3O[C@@H](n4cnc5c(N)ncnc54)[C@H](O)[C@@H]3O)[C@@H](O)[C@H]2O)c(=O)[nH]1. The van der Waals surface area contributed by atoms with E-state index in [1.165, 1.54) is 10.9 Å². The van der Waals surface area contributed by atoms with Crippen molar-refractivity contribution < 1.29 is 161 Å². The fraction of sp³-hybridized carbons (Fsp3) is 0.500. The predicted molar refractivity (Wildman–Crippen MR) is 369 cm³/mol. The number of aromatic nitrogens is 20. The molecule has 0 bridgehead atoms. The molecule has 15 rings (SSSR count). The number of ether oxygens (including phenoxy) is 5. The smallest absolute Gasteiger partial charge is 0.387 e. The lowest BCUT2D eigenvalue weighted by atomic mass is 10.1. The predicted octanol–water partition coefficient (Wildman–Crippen LogP) is -5.72. The second-order valence-corrected chi connectivity index (χ2v) is 34.4. The Kier molecular flexibility index (Phi) is 22.5. The highest BCUT2D eigenvalue weighted by Gasteiger charge is 2.57. The van der Waals surface area contributed by atoms with Gasteiger partial charge in [0.25, 0.3) is 5.56 Å². The molecule has 10 aromatic heterocycles. The van der Waals surface area contributed by atoms with Gasteiger partial charge in [0.05, 0.1) is 64.7 Å². The number of anilines is 5. The zero-order valence-corrected chi connectivity index (χ0v) is 63.0. The molecular formula is C50H63N25O35P6. The molecule has 66 heteroatoms. The molecular weight excluding hydrogens is 1700 g/mol. The van der Waals surface area contributed by atoms with E-state index < -0.39 is 208 Å². The highest BCUT2D eigenvalue weighted by Crippen LogP contribution is 2.68. The van der Waals surface area contributed by atoms with Crippen LogP contribution in [0.2, 0.25) is 0 Å². The molecule has 0 amide bonds. The second-order valence-electron chi connectivity index (χ2n) is 25.5. The number of aliphatic hydroxyl groups excluding tert-OH is 7. The third-order valence-electron chi connectivity index (χ3n) is 18.2. The number of phosphoric ester groups is 5. The number of nitrogens with zero attached hydrogens (tertiary/aromatic N) is 19. The molecule has 15 heterocycles. The number of nitrogen functional groups attached to an aromatic ring is 5. The summed E-state index contributed by atoms with van der Waals surface area (Å²) < 4.78 is 167. The van der Waals surface area contributed by atoms with Crippen LogP contribution in [0.1, 0.15) is 31.1 Å². The molecule has 5 aliphatic rings. The Bertz CT molecular complexity index is 5750. The number of fused-ring (bicyclic) bond motifs is 5. The van der Waals surface area contributed by atoms with Crippen molar-refractivity contribution in [1.29, 1.82) is 0 Å². The maximum Gasteiger partial charge on any atom is 0.490 e. The molecule has 5 aliphatic heterocycles. The van der Waals surface area contributed by atoms with Crippen LogP contribution in [-0.4, -0.2) is 287 Å². The van der Waals surface area contributed by atoms with Gasteiger partial charge in [-0.1, -0.05) is 0 Å². The van der Waals surface area contributed by atoms with Gasteiger partial charge in [0, 0.05) is 0 Å². The molecule has 26 atom stereocenters. The standard InChI is InChI=1S/C50H63N25O35P6/c51-35-20-39(60-6-56-35)71(10-64-20)45-27(78)25(76)15(101-45)1-96-111(84,85)106-32-17(103-47(29(32)80)72-11-65-21-36(52)57-7-61-40(21)72)3-97-112(86,87)107-33-18(104-48(30(33)81)73-12-66-22-37(53)58-8-62-41(22)73)4-98-113(88,89)108-34-19(105-49(31(34)82)74-13-67-23-38(54)59-9-63-42(23)74)5-100-115(92,93)110-116(94,95)109-114(90,91)99-2-16-26(77)28(79)46(102-16)75-14-68-24-43(75)69-50(55)70-44(24)83/h6-19,25-34,45-49,76-82H,1-5H2,(H,84,85)(H,86,87)(H,88,89)(H,90,91)(H,92,93)(H,94,95)(H2,51,56,60)(H2,52,57,61)(H2,53,58,62)(H2,54,59,63)(H3,55,69,70,83)/t15-,16-,17-,18-,19-,25-,26-,27-,28-,29-,30-,31-,32-,33-,34-,45-,46-,47-,48-,49-/m1/s1. The number of H-pyrrole nitrogens is 1. The van der Waals surface area contributed by atoms with E-state index in [4.69, 9.17) is 84.0 Å². The lowest BCUT2D eigenvalue weighted by Gasteiger charge is -2.26. The molecule has 60 nitrogen and oxygen atoms in total. The number of hydrogen-bond acceptors (Lipinski definition) is 48. The molecule has 0 aromatic carbocycles. The van der Waals surface area contributed by atoms with E-state index in [1.807, 2.05) is 0 Å². The second kappa shape index (κ2) is 31.5. The molecule has 10 aromatic rings. The average Bonchev–Trinajstić information content (AvgIpc) is 1.64. The largest absolute Gasteiger partial charge is 0.490 e. The Balaban J connectivity index is 0.635. The van der Waals surface area contributed by atoms with E-state index >= 15 is 0 Å². The Morgan fingerprint density at radius 3 is 0.905 bits per heavy atom. The quantitative estimate of drug-likeness (QED) is 0.0187. The van der Waals surface area contributed by atoms with Crippen LogP contribution < -0.4 is 34.2 Å². The third kappa shape index (κ3) is 16.5. The number of nitrogens with one attached hydrogen (secondary N) is 1. The fourth-order valence-electron chi connectivity index (χ4n) is 12.9. The average molecular weight is 1760 g/mol. The van der Waals surface area contributed by atoms with Crippen molar-refractivity contribution in [2.45, 2.75) is 123 Å². The summed E-state index contributed by atoms with van der Waals surface area (Å²) in [5, 5.41) is 79.5. The number of phosphoric acid groups is 6. The summed E-state index contributed by atoms with van der Waals surface area (Å²) in [6.45, 7) is -6.45. The molecule has 24 N–H and O–H groups in total. The van der Waals surface area contributed by atoms with Gasteiger partial charge in [-0.05, 0) is 0 Å². The molecule has 0 spiro atoms. The van der Waals surface area contributed by atoms with Gasteiger partial charge < -0.3 is 117 Å². The lowest BCUT2D eigenvalue weighted by molar-refractivity contribution is -0.0632. The molecule has 0 saturated carbocycles. The first-order chi connectivity index (χ1) is 54.7. The van der Waals surface area contributed by atoms with Gasteiger partial charge in [0.15, 0.2) is 88.2 Å². The van der Waals surface area contributed by atoms with E-state index in [0.29, 0.717) is 0 Å². The van der Waals surface area contributed by atoms with Gasteiger partial charge >= 0.3 is 46.9 Å².